The third-order valence-electron chi connectivity index (χ3n) is 1.10. The predicted molar refractivity (Wildman–Crippen MR) is 43.4 cm³/mol. The molecule has 0 radical (unpaired) electrons. The van der Waals surface area contributed by atoms with E-state index in [0.717, 1.165) is 0 Å². The average molecular weight is 184 g/mol. The smallest absolute Gasteiger partial charge is 0.358 e. The summed E-state index contributed by atoms with van der Waals surface area (Å²) in [6, 6.07) is 0. The van der Waals surface area contributed by atoms with Gasteiger partial charge in [0.1, 0.15) is 0 Å². The minimum absolute atomic E-state index is 0.0290. The van der Waals surface area contributed by atoms with Crippen molar-refractivity contribution in [2.45, 2.75) is 0 Å². The first kappa shape index (κ1) is 9.10. The van der Waals surface area contributed by atoms with Gasteiger partial charge in [0, 0.05) is 14.1 Å². The van der Waals surface area contributed by atoms with Crippen LogP contribution in [0.15, 0.2) is 16.7 Å². The van der Waals surface area contributed by atoms with Gasteiger partial charge in [0.2, 0.25) is 0 Å². The highest BCUT2D eigenvalue weighted by Gasteiger charge is 2.14. The first-order valence-corrected chi connectivity index (χ1v) is 3.38. The Morgan fingerprint density at radius 1 is 1.69 bits per heavy atom. The van der Waals surface area contributed by atoms with Crippen LogP contribution in [-0.2, 0) is 0 Å². The van der Waals surface area contributed by atoms with Gasteiger partial charge in [-0.25, -0.2) is 4.98 Å². The first-order valence-electron chi connectivity index (χ1n) is 3.38. The van der Waals surface area contributed by atoms with E-state index in [9.17, 15) is 10.1 Å². The van der Waals surface area contributed by atoms with Crippen LogP contribution in [0.5, 0.6) is 0 Å². The molecule has 70 valence electrons. The van der Waals surface area contributed by atoms with Gasteiger partial charge in [-0.05, 0) is 4.92 Å². The lowest BCUT2D eigenvalue weighted by atomic mass is 10.7. The molecule has 0 spiro atoms. The largest absolute Gasteiger partial charge is 0.369 e. The van der Waals surface area contributed by atoms with Crippen molar-refractivity contribution in [3.63, 3.8) is 0 Å². The summed E-state index contributed by atoms with van der Waals surface area (Å²) in [5.41, 5.74) is 0. The molecule has 1 aromatic rings. The maximum absolute atomic E-state index is 10.3. The van der Waals surface area contributed by atoms with Crippen molar-refractivity contribution in [1.82, 2.24) is 15.0 Å². The van der Waals surface area contributed by atoms with E-state index < -0.39 is 4.92 Å². The number of nitrogens with one attached hydrogen (secondary N) is 1. The molecule has 0 aliphatic heterocycles. The molecule has 13 heavy (non-hydrogen) atoms. The molecule has 0 aliphatic carbocycles. The van der Waals surface area contributed by atoms with E-state index >= 15 is 0 Å². The van der Waals surface area contributed by atoms with Crippen molar-refractivity contribution < 1.29 is 4.92 Å². The van der Waals surface area contributed by atoms with Crippen molar-refractivity contribution in [2.24, 2.45) is 10.3 Å². The summed E-state index contributed by atoms with van der Waals surface area (Å²) in [7, 11) is 3.31. The molecule has 1 rings (SSSR count). The topological polar surface area (TPSA) is 99.8 Å². The Kier molecular flexibility index (Phi) is 2.52. The van der Waals surface area contributed by atoms with E-state index in [-0.39, 0.29) is 11.6 Å². The molecule has 0 amide bonds. The van der Waals surface area contributed by atoms with E-state index in [2.05, 4.69) is 20.3 Å². The molecule has 1 heterocycles. The lowest BCUT2D eigenvalue weighted by Gasteiger charge is -1.98. The molecule has 0 unspecified atom stereocenters. The molecule has 0 saturated carbocycles. The van der Waals surface area contributed by atoms with Gasteiger partial charge in [0.15, 0.2) is 6.33 Å². The predicted octanol–water partition coefficient (Wildman–Crippen LogP) is 0.878. The summed E-state index contributed by atoms with van der Waals surface area (Å²) in [5.74, 6) is -0.288. The number of nitro groups is 1. The number of hydrogen-bond acceptors (Lipinski definition) is 5. The second-order valence-corrected chi connectivity index (χ2v) is 2.37. The van der Waals surface area contributed by atoms with Gasteiger partial charge >= 0.3 is 5.82 Å². The molecule has 0 bridgehead atoms. The molecule has 8 heteroatoms. The third-order valence-corrected chi connectivity index (χ3v) is 1.10. The van der Waals surface area contributed by atoms with Gasteiger partial charge in [-0.15, -0.1) is 5.11 Å². The lowest BCUT2D eigenvalue weighted by Crippen LogP contribution is -1.99. The summed E-state index contributed by atoms with van der Waals surface area (Å²) in [5, 5.41) is 18.9. The molecule has 1 aromatic heterocycles. The summed E-state index contributed by atoms with van der Waals surface area (Å²) in [4.78, 5) is 15.7. The summed E-state index contributed by atoms with van der Waals surface area (Å²) in [6.07, 6.45) is 1.20. The van der Waals surface area contributed by atoms with E-state index in [1.807, 2.05) is 0 Å². The van der Waals surface area contributed by atoms with Gasteiger partial charge < -0.3 is 10.1 Å². The first-order chi connectivity index (χ1) is 6.11. The van der Waals surface area contributed by atoms with Gasteiger partial charge in [-0.3, -0.25) is 5.01 Å². The maximum Gasteiger partial charge on any atom is 0.369 e. The van der Waals surface area contributed by atoms with Crippen LogP contribution >= 0.6 is 0 Å². The van der Waals surface area contributed by atoms with Crippen molar-refractivity contribution in [1.29, 1.82) is 0 Å². The zero-order valence-electron chi connectivity index (χ0n) is 7.13. The molecule has 8 nitrogen and oxygen atoms in total. The van der Waals surface area contributed by atoms with Crippen LogP contribution in [0.25, 0.3) is 0 Å². The monoisotopic (exact) mass is 184 g/mol. The average Bonchev–Trinajstić information content (AvgIpc) is 2.47. The Hall–Kier alpha value is -1.99. The Labute approximate surface area is 73.4 Å². The standard InChI is InChI=1S/C5H8N6O2/c1-10(2)9-8-4-5(11(12)13)7-3-6-4/h3H,1-2H3,(H,6,7). The van der Waals surface area contributed by atoms with Gasteiger partial charge in [-0.2, -0.15) is 4.98 Å². The molecule has 0 aliphatic rings. The zero-order chi connectivity index (χ0) is 9.84. The molecular weight excluding hydrogens is 176 g/mol. The van der Waals surface area contributed by atoms with Crippen molar-refractivity contribution in [2.75, 3.05) is 14.1 Å². The minimum Gasteiger partial charge on any atom is -0.358 e. The summed E-state index contributed by atoms with van der Waals surface area (Å²) < 4.78 is 0. The Bertz CT molecular complexity index is 330. The second kappa shape index (κ2) is 3.61. The van der Waals surface area contributed by atoms with Gasteiger partial charge in [0.25, 0.3) is 5.82 Å². The minimum atomic E-state index is -0.600. The van der Waals surface area contributed by atoms with Gasteiger partial charge in [0.05, 0.1) is 0 Å². The maximum atomic E-state index is 10.3. The van der Waals surface area contributed by atoms with E-state index in [1.54, 1.807) is 14.1 Å². The van der Waals surface area contributed by atoms with Crippen molar-refractivity contribution in [3.05, 3.63) is 16.4 Å². The van der Waals surface area contributed by atoms with Crippen molar-refractivity contribution >= 4 is 11.6 Å². The van der Waals surface area contributed by atoms with Gasteiger partial charge in [-0.1, -0.05) is 5.22 Å². The normalized spacial score (nSPS) is 10.6. The Balaban J connectivity index is 2.88. The number of aromatic nitrogens is 2. The van der Waals surface area contributed by atoms with E-state index in [0.29, 0.717) is 0 Å². The molecular formula is C5H8N6O2. The van der Waals surface area contributed by atoms with Crippen LogP contribution in [0, 0.1) is 10.1 Å². The number of aromatic amines is 1. The van der Waals surface area contributed by atoms with Crippen LogP contribution in [0.3, 0.4) is 0 Å². The van der Waals surface area contributed by atoms with E-state index in [1.165, 1.54) is 11.3 Å². The van der Waals surface area contributed by atoms with Crippen LogP contribution in [0.2, 0.25) is 0 Å². The van der Waals surface area contributed by atoms with E-state index in [4.69, 9.17) is 0 Å². The second-order valence-electron chi connectivity index (χ2n) is 2.37. The molecule has 0 aromatic carbocycles. The molecule has 0 saturated heterocycles. The number of rotatable bonds is 3. The molecule has 1 N–H and O–H groups in total. The summed E-state index contributed by atoms with van der Waals surface area (Å²) >= 11 is 0. The quantitative estimate of drug-likeness (QED) is 0.428. The zero-order valence-corrected chi connectivity index (χ0v) is 7.13. The fourth-order valence-corrected chi connectivity index (χ4v) is 0.620. The highest BCUT2D eigenvalue weighted by Crippen LogP contribution is 2.21. The highest BCUT2D eigenvalue weighted by molar-refractivity contribution is 5.44. The molecule has 0 atom stereocenters. The number of H-pyrrole nitrogens is 1. The SMILES string of the molecule is CN(C)N=Nc1nc[nH]c1[N+](=O)[O-]. The number of imidazole rings is 1. The Morgan fingerprint density at radius 3 is 2.92 bits per heavy atom. The van der Waals surface area contributed by atoms with Crippen LogP contribution < -0.4 is 0 Å². The third kappa shape index (κ3) is 2.22. The van der Waals surface area contributed by atoms with Crippen LogP contribution in [-0.4, -0.2) is 34.0 Å². The highest BCUT2D eigenvalue weighted by atomic mass is 16.6. The van der Waals surface area contributed by atoms with Crippen LogP contribution in [0.1, 0.15) is 0 Å². The number of hydrogen-bond donors (Lipinski definition) is 1. The fourth-order valence-electron chi connectivity index (χ4n) is 0.620. The van der Waals surface area contributed by atoms with Crippen molar-refractivity contribution in [3.8, 4) is 0 Å². The Morgan fingerprint density at radius 2 is 2.38 bits per heavy atom. The number of nitrogens with zero attached hydrogens (tertiary/aromatic N) is 5. The fraction of sp³-hybridized carbons (Fsp3) is 0.400. The lowest BCUT2D eigenvalue weighted by molar-refractivity contribution is -0.388. The summed E-state index contributed by atoms with van der Waals surface area (Å²) in [6.45, 7) is 0. The molecule has 0 fully saturated rings. The van der Waals surface area contributed by atoms with Crippen LogP contribution in [0.4, 0.5) is 11.6 Å².